The average molecular weight is 143 g/mol. The molecule has 0 aromatic carbocycles. The minimum Gasteiger partial charge on any atom is -0.319 e. The number of Topliss-reactive ketones (excluding diaryl/α,β-unsaturated/α-hetero) is 1. The van der Waals surface area contributed by atoms with Gasteiger partial charge < -0.3 is 5.32 Å². The number of carbonyl (C=O) groups excluding carboxylic acids is 1. The van der Waals surface area contributed by atoms with Gasteiger partial charge in [-0.3, -0.25) is 4.79 Å². The van der Waals surface area contributed by atoms with Crippen LogP contribution < -0.4 is 5.32 Å². The monoisotopic (exact) mass is 143 g/mol. The van der Waals surface area contributed by atoms with Crippen molar-refractivity contribution in [1.29, 1.82) is 0 Å². The van der Waals surface area contributed by atoms with Crippen molar-refractivity contribution in [2.24, 2.45) is 5.92 Å². The molecule has 10 heavy (non-hydrogen) atoms. The Hall–Kier alpha value is -0.370. The lowest BCUT2D eigenvalue weighted by molar-refractivity contribution is -0.120. The van der Waals surface area contributed by atoms with Crippen molar-refractivity contribution in [3.8, 4) is 0 Å². The summed E-state index contributed by atoms with van der Waals surface area (Å²) in [6.07, 6.45) is 2.10. The summed E-state index contributed by atoms with van der Waals surface area (Å²) in [6, 6.07) is 0. The van der Waals surface area contributed by atoms with Crippen LogP contribution in [0.4, 0.5) is 0 Å². The molecule has 0 aromatic rings. The van der Waals surface area contributed by atoms with Gasteiger partial charge >= 0.3 is 0 Å². The molecule has 0 saturated carbocycles. The smallest absolute Gasteiger partial charge is 0.134 e. The standard InChI is InChI=1S/C8H17NO/c1-4-5-8(6-9-3)7(2)10/h8-9H,4-6H2,1-3H3. The summed E-state index contributed by atoms with van der Waals surface area (Å²) in [6.45, 7) is 4.59. The first kappa shape index (κ1) is 9.63. The molecule has 0 rings (SSSR count). The summed E-state index contributed by atoms with van der Waals surface area (Å²) < 4.78 is 0. The van der Waals surface area contributed by atoms with E-state index in [0.29, 0.717) is 5.78 Å². The third-order valence-electron chi connectivity index (χ3n) is 1.66. The maximum absolute atomic E-state index is 10.9. The van der Waals surface area contributed by atoms with E-state index in [9.17, 15) is 4.79 Å². The molecule has 0 aliphatic rings. The summed E-state index contributed by atoms with van der Waals surface area (Å²) in [7, 11) is 1.88. The zero-order chi connectivity index (χ0) is 7.98. The second-order valence-electron chi connectivity index (χ2n) is 2.65. The molecule has 0 radical (unpaired) electrons. The van der Waals surface area contributed by atoms with E-state index in [0.717, 1.165) is 19.4 Å². The Morgan fingerprint density at radius 3 is 2.50 bits per heavy atom. The number of hydrogen-bond donors (Lipinski definition) is 1. The number of carbonyl (C=O) groups is 1. The lowest BCUT2D eigenvalue weighted by Gasteiger charge is -2.10. The molecule has 0 fully saturated rings. The van der Waals surface area contributed by atoms with Crippen LogP contribution in [-0.4, -0.2) is 19.4 Å². The van der Waals surface area contributed by atoms with Crippen LogP contribution in [0.1, 0.15) is 26.7 Å². The van der Waals surface area contributed by atoms with Crippen molar-refractivity contribution in [3.05, 3.63) is 0 Å². The molecule has 0 aromatic heterocycles. The summed E-state index contributed by atoms with van der Waals surface area (Å²) in [5.74, 6) is 0.534. The first-order chi connectivity index (χ1) is 4.72. The van der Waals surface area contributed by atoms with Crippen LogP contribution in [0, 0.1) is 5.92 Å². The second kappa shape index (κ2) is 5.42. The molecule has 60 valence electrons. The van der Waals surface area contributed by atoms with Gasteiger partial charge in [-0.1, -0.05) is 13.3 Å². The van der Waals surface area contributed by atoms with E-state index in [-0.39, 0.29) is 5.92 Å². The minimum atomic E-state index is 0.231. The lowest BCUT2D eigenvalue weighted by atomic mass is 10.00. The highest BCUT2D eigenvalue weighted by Crippen LogP contribution is 2.05. The van der Waals surface area contributed by atoms with Crippen molar-refractivity contribution in [2.75, 3.05) is 13.6 Å². The molecule has 1 atom stereocenters. The molecule has 0 spiro atoms. The largest absolute Gasteiger partial charge is 0.319 e. The minimum absolute atomic E-state index is 0.231. The predicted octanol–water partition coefficient (Wildman–Crippen LogP) is 1.21. The lowest BCUT2D eigenvalue weighted by Crippen LogP contribution is -2.24. The molecule has 0 aliphatic heterocycles. The van der Waals surface area contributed by atoms with Crippen LogP contribution >= 0.6 is 0 Å². The first-order valence-electron chi connectivity index (χ1n) is 3.87. The van der Waals surface area contributed by atoms with Crippen molar-refractivity contribution < 1.29 is 4.79 Å². The van der Waals surface area contributed by atoms with Gasteiger partial charge in [0, 0.05) is 12.5 Å². The Labute approximate surface area is 63.0 Å². The zero-order valence-electron chi connectivity index (χ0n) is 7.11. The van der Waals surface area contributed by atoms with Gasteiger partial charge in [0.2, 0.25) is 0 Å². The van der Waals surface area contributed by atoms with Crippen LogP contribution in [0.3, 0.4) is 0 Å². The van der Waals surface area contributed by atoms with Gasteiger partial charge in [0.1, 0.15) is 5.78 Å². The maximum atomic E-state index is 10.9. The van der Waals surface area contributed by atoms with Gasteiger partial charge in [0.05, 0.1) is 0 Å². The maximum Gasteiger partial charge on any atom is 0.134 e. The van der Waals surface area contributed by atoms with Crippen molar-refractivity contribution in [3.63, 3.8) is 0 Å². The molecular formula is C8H17NO. The van der Waals surface area contributed by atoms with E-state index >= 15 is 0 Å². The molecule has 2 heteroatoms. The zero-order valence-corrected chi connectivity index (χ0v) is 7.11. The predicted molar refractivity (Wildman–Crippen MR) is 43.0 cm³/mol. The Morgan fingerprint density at radius 1 is 1.60 bits per heavy atom. The van der Waals surface area contributed by atoms with Crippen molar-refractivity contribution in [2.45, 2.75) is 26.7 Å². The number of hydrogen-bond acceptors (Lipinski definition) is 2. The first-order valence-corrected chi connectivity index (χ1v) is 3.87. The highest BCUT2D eigenvalue weighted by molar-refractivity contribution is 5.78. The average Bonchev–Trinajstić information content (AvgIpc) is 1.87. The van der Waals surface area contributed by atoms with E-state index in [1.54, 1.807) is 6.92 Å². The summed E-state index contributed by atoms with van der Waals surface area (Å²) in [5, 5.41) is 3.01. The number of ketones is 1. The van der Waals surface area contributed by atoms with Crippen molar-refractivity contribution >= 4 is 5.78 Å². The highest BCUT2D eigenvalue weighted by Gasteiger charge is 2.10. The molecule has 0 bridgehead atoms. The molecule has 2 nitrogen and oxygen atoms in total. The van der Waals surface area contributed by atoms with Gasteiger partial charge in [-0.25, -0.2) is 0 Å². The van der Waals surface area contributed by atoms with E-state index in [2.05, 4.69) is 12.2 Å². The fourth-order valence-electron chi connectivity index (χ4n) is 1.04. The van der Waals surface area contributed by atoms with Gasteiger partial charge in [-0.05, 0) is 20.4 Å². The fourth-order valence-corrected chi connectivity index (χ4v) is 1.04. The molecule has 0 saturated heterocycles. The SMILES string of the molecule is CCCC(CNC)C(C)=O. The number of nitrogens with one attached hydrogen (secondary N) is 1. The van der Waals surface area contributed by atoms with Crippen LogP contribution in [-0.2, 0) is 4.79 Å². The van der Waals surface area contributed by atoms with Crippen LogP contribution in [0.25, 0.3) is 0 Å². The van der Waals surface area contributed by atoms with E-state index < -0.39 is 0 Å². The molecule has 1 N–H and O–H groups in total. The molecule has 0 heterocycles. The molecule has 0 amide bonds. The van der Waals surface area contributed by atoms with E-state index in [1.165, 1.54) is 0 Å². The molecule has 1 unspecified atom stereocenters. The van der Waals surface area contributed by atoms with Gasteiger partial charge in [-0.15, -0.1) is 0 Å². The second-order valence-corrected chi connectivity index (χ2v) is 2.65. The van der Waals surface area contributed by atoms with Crippen LogP contribution in [0.15, 0.2) is 0 Å². The van der Waals surface area contributed by atoms with E-state index in [1.807, 2.05) is 7.05 Å². The van der Waals surface area contributed by atoms with Gasteiger partial charge in [0.15, 0.2) is 0 Å². The highest BCUT2D eigenvalue weighted by atomic mass is 16.1. The quantitative estimate of drug-likeness (QED) is 0.626. The van der Waals surface area contributed by atoms with Gasteiger partial charge in [-0.2, -0.15) is 0 Å². The van der Waals surface area contributed by atoms with Crippen LogP contribution in [0.2, 0.25) is 0 Å². The Morgan fingerprint density at radius 2 is 2.20 bits per heavy atom. The molecule has 0 aliphatic carbocycles. The van der Waals surface area contributed by atoms with Crippen LogP contribution in [0.5, 0.6) is 0 Å². The summed E-state index contributed by atoms with van der Waals surface area (Å²) in [5.41, 5.74) is 0. The summed E-state index contributed by atoms with van der Waals surface area (Å²) >= 11 is 0. The normalized spacial score (nSPS) is 13.1. The molecular weight excluding hydrogens is 126 g/mol. The summed E-state index contributed by atoms with van der Waals surface area (Å²) in [4.78, 5) is 10.9. The number of rotatable bonds is 5. The fraction of sp³-hybridized carbons (Fsp3) is 0.875. The Bertz CT molecular complexity index is 95.4. The van der Waals surface area contributed by atoms with Gasteiger partial charge in [0.25, 0.3) is 0 Å². The third kappa shape index (κ3) is 3.62. The van der Waals surface area contributed by atoms with Crippen molar-refractivity contribution in [1.82, 2.24) is 5.32 Å². The third-order valence-corrected chi connectivity index (χ3v) is 1.66. The Kier molecular flexibility index (Phi) is 5.22. The van der Waals surface area contributed by atoms with E-state index in [4.69, 9.17) is 0 Å². The Balaban J connectivity index is 3.61. The topological polar surface area (TPSA) is 29.1 Å².